The second kappa shape index (κ2) is 7.63. The summed E-state index contributed by atoms with van der Waals surface area (Å²) < 4.78 is 5.73. The number of ether oxygens (including phenoxy) is 1. The second-order valence-electron chi connectivity index (χ2n) is 5.13. The fourth-order valence-corrected chi connectivity index (χ4v) is 2.15. The van der Waals surface area contributed by atoms with Gasteiger partial charge in [0.1, 0.15) is 23.2 Å². The van der Waals surface area contributed by atoms with E-state index in [1.165, 1.54) is 12.1 Å². The van der Waals surface area contributed by atoms with Gasteiger partial charge in [0.25, 0.3) is 0 Å². The molecule has 2 aromatic rings. The first kappa shape index (κ1) is 17.5. The number of hydrogen-bond acceptors (Lipinski definition) is 8. The Bertz CT molecular complexity index is 776. The normalized spacial score (nSPS) is 10.2. The van der Waals surface area contributed by atoms with Gasteiger partial charge in [-0.05, 0) is 24.0 Å². The molecule has 24 heavy (non-hydrogen) atoms. The third-order valence-electron chi connectivity index (χ3n) is 3.38. The number of nitrogens with zero attached hydrogens (tertiary/aromatic N) is 3. The van der Waals surface area contributed by atoms with Crippen LogP contribution < -0.4 is 21.7 Å². The minimum absolute atomic E-state index is 0.0468. The van der Waals surface area contributed by atoms with Gasteiger partial charge < -0.3 is 26.3 Å². The lowest BCUT2D eigenvalue weighted by Crippen LogP contribution is -2.29. The maximum absolute atomic E-state index is 9.40. The van der Waals surface area contributed by atoms with Gasteiger partial charge in [0.2, 0.25) is 5.95 Å². The summed E-state index contributed by atoms with van der Waals surface area (Å²) in [6.07, 6.45) is 1.81. The van der Waals surface area contributed by atoms with Crippen molar-refractivity contribution >= 4 is 24.3 Å². The Kier molecular flexibility index (Phi) is 5.57. The highest BCUT2D eigenvalue weighted by atomic mass is 16.5. The molecule has 0 saturated heterocycles. The molecule has 0 aliphatic carbocycles. The van der Waals surface area contributed by atoms with Crippen LogP contribution in [-0.2, 0) is 0 Å². The number of rotatable bonds is 6. The predicted molar refractivity (Wildman–Crippen MR) is 91.2 cm³/mol. The molecule has 0 bridgehead atoms. The van der Waals surface area contributed by atoms with Crippen LogP contribution in [0.5, 0.6) is 5.75 Å². The van der Waals surface area contributed by atoms with Gasteiger partial charge in [-0.25, -0.2) is 4.98 Å². The molecule has 0 spiro atoms. The zero-order valence-corrected chi connectivity index (χ0v) is 13.2. The summed E-state index contributed by atoms with van der Waals surface area (Å²) in [5.74, 6) is 0.312. The predicted octanol–water partition coefficient (Wildman–Crippen LogP) is 0.0384. The lowest BCUT2D eigenvalue weighted by atomic mass is 9.79. The summed E-state index contributed by atoms with van der Waals surface area (Å²) in [6, 6.07) is 6.54. The molecular weight excluding hydrogens is 309 g/mol. The first-order valence-electron chi connectivity index (χ1n) is 7.44. The zero-order chi connectivity index (χ0) is 17.7. The highest BCUT2D eigenvalue weighted by Gasteiger charge is 2.20. The average Bonchev–Trinajstić information content (AvgIpc) is 2.54. The molecule has 2 rings (SSSR count). The van der Waals surface area contributed by atoms with Gasteiger partial charge in [-0.2, -0.15) is 10.2 Å². The number of anilines is 2. The number of unbranched alkanes of at least 4 members (excludes halogenated alkanes) is 1. The van der Waals surface area contributed by atoms with Crippen molar-refractivity contribution in [1.82, 2.24) is 9.97 Å². The van der Waals surface area contributed by atoms with E-state index in [1.807, 2.05) is 13.0 Å². The summed E-state index contributed by atoms with van der Waals surface area (Å²) in [5.41, 5.74) is 12.3. The van der Waals surface area contributed by atoms with Crippen LogP contribution in [0.4, 0.5) is 11.8 Å². The first-order valence-corrected chi connectivity index (χ1v) is 7.44. The fourth-order valence-electron chi connectivity index (χ4n) is 2.15. The molecule has 0 atom stereocenters. The molecule has 0 amide bonds. The van der Waals surface area contributed by atoms with Crippen LogP contribution in [0.2, 0.25) is 0 Å². The lowest BCUT2D eigenvalue weighted by Gasteiger charge is -2.14. The third kappa shape index (κ3) is 3.74. The van der Waals surface area contributed by atoms with Crippen molar-refractivity contribution in [2.24, 2.45) is 0 Å². The highest BCUT2D eigenvalue weighted by Crippen LogP contribution is 2.32. The molecular formula is C15H18BN5O3. The quantitative estimate of drug-likeness (QED) is 0.429. The molecule has 0 aliphatic heterocycles. The Morgan fingerprint density at radius 2 is 2.04 bits per heavy atom. The smallest absolute Gasteiger partial charge is 0.488 e. The minimum Gasteiger partial charge on any atom is -0.493 e. The number of nitrogens with two attached hydrogens (primary N) is 2. The van der Waals surface area contributed by atoms with Crippen molar-refractivity contribution in [3.8, 4) is 23.1 Å². The van der Waals surface area contributed by atoms with Crippen LogP contribution in [0, 0.1) is 11.3 Å². The lowest BCUT2D eigenvalue weighted by molar-refractivity contribution is 0.310. The molecule has 1 aromatic heterocycles. The summed E-state index contributed by atoms with van der Waals surface area (Å²) in [5, 5.41) is 28.2. The van der Waals surface area contributed by atoms with Crippen molar-refractivity contribution in [2.75, 3.05) is 18.1 Å². The van der Waals surface area contributed by atoms with Crippen molar-refractivity contribution in [2.45, 2.75) is 19.8 Å². The van der Waals surface area contributed by atoms with Gasteiger partial charge in [-0.3, -0.25) is 0 Å². The van der Waals surface area contributed by atoms with Crippen LogP contribution in [0.1, 0.15) is 25.3 Å². The van der Waals surface area contributed by atoms with Gasteiger partial charge in [0.15, 0.2) is 0 Å². The summed E-state index contributed by atoms with van der Waals surface area (Å²) in [4.78, 5) is 7.86. The number of aromatic nitrogens is 2. The van der Waals surface area contributed by atoms with Crippen LogP contribution in [0.15, 0.2) is 18.2 Å². The number of hydrogen-bond donors (Lipinski definition) is 4. The monoisotopic (exact) mass is 327 g/mol. The van der Waals surface area contributed by atoms with Crippen LogP contribution >= 0.6 is 0 Å². The molecule has 1 heterocycles. The molecule has 9 heteroatoms. The average molecular weight is 327 g/mol. The number of benzene rings is 1. The Morgan fingerprint density at radius 3 is 2.67 bits per heavy atom. The maximum atomic E-state index is 9.40. The van der Waals surface area contributed by atoms with Crippen molar-refractivity contribution < 1.29 is 14.8 Å². The van der Waals surface area contributed by atoms with E-state index in [9.17, 15) is 15.3 Å². The Labute approximate surface area is 139 Å². The standard InChI is InChI=1S/C15H18BN5O3/c1-2-3-6-24-12-5-4-9(16(22)23)7-10(12)13-11(8-17)14(18)21-15(19)20-13/h4-5,7,22-23H,2-3,6H2,1H3,(H4,18,19,20,21). The van der Waals surface area contributed by atoms with E-state index < -0.39 is 7.12 Å². The van der Waals surface area contributed by atoms with Crippen LogP contribution in [0.25, 0.3) is 11.3 Å². The van der Waals surface area contributed by atoms with Crippen molar-refractivity contribution in [3.05, 3.63) is 23.8 Å². The first-order chi connectivity index (χ1) is 11.5. The van der Waals surface area contributed by atoms with Gasteiger partial charge in [-0.1, -0.05) is 19.4 Å². The molecule has 0 aliphatic rings. The van der Waals surface area contributed by atoms with E-state index in [4.69, 9.17) is 16.2 Å². The number of nitriles is 1. The SMILES string of the molecule is CCCCOc1ccc(B(O)O)cc1-c1nc(N)nc(N)c1C#N. The Morgan fingerprint density at radius 1 is 1.29 bits per heavy atom. The van der Waals surface area contributed by atoms with Crippen molar-refractivity contribution in [3.63, 3.8) is 0 Å². The molecule has 0 unspecified atom stereocenters. The Hall–Kier alpha value is -2.83. The molecule has 0 fully saturated rings. The van der Waals surface area contributed by atoms with E-state index in [0.29, 0.717) is 17.9 Å². The van der Waals surface area contributed by atoms with Crippen molar-refractivity contribution in [1.29, 1.82) is 5.26 Å². The molecule has 8 nitrogen and oxygen atoms in total. The largest absolute Gasteiger partial charge is 0.493 e. The summed E-state index contributed by atoms with van der Waals surface area (Å²) >= 11 is 0. The highest BCUT2D eigenvalue weighted by molar-refractivity contribution is 6.58. The summed E-state index contributed by atoms with van der Waals surface area (Å²) in [7, 11) is -1.67. The van der Waals surface area contributed by atoms with Crippen LogP contribution in [-0.4, -0.2) is 33.7 Å². The molecule has 0 radical (unpaired) electrons. The summed E-state index contributed by atoms with van der Waals surface area (Å²) in [6.45, 7) is 2.51. The van der Waals surface area contributed by atoms with Gasteiger partial charge >= 0.3 is 7.12 Å². The molecule has 0 saturated carbocycles. The minimum atomic E-state index is -1.67. The topological polar surface area (TPSA) is 151 Å². The van der Waals surface area contributed by atoms with Crippen LogP contribution in [0.3, 0.4) is 0 Å². The van der Waals surface area contributed by atoms with E-state index in [-0.39, 0.29) is 28.5 Å². The van der Waals surface area contributed by atoms with E-state index in [0.717, 1.165) is 12.8 Å². The maximum Gasteiger partial charge on any atom is 0.488 e. The molecule has 124 valence electrons. The van der Waals surface area contributed by atoms with Gasteiger partial charge in [-0.15, -0.1) is 0 Å². The Balaban J connectivity index is 2.62. The van der Waals surface area contributed by atoms with E-state index in [2.05, 4.69) is 9.97 Å². The van der Waals surface area contributed by atoms with E-state index >= 15 is 0 Å². The zero-order valence-electron chi connectivity index (χ0n) is 13.2. The second-order valence-corrected chi connectivity index (χ2v) is 5.13. The molecule has 6 N–H and O–H groups in total. The third-order valence-corrected chi connectivity index (χ3v) is 3.38. The number of nitrogen functional groups attached to an aromatic ring is 2. The fraction of sp³-hybridized carbons (Fsp3) is 0.267. The molecule has 1 aromatic carbocycles. The van der Waals surface area contributed by atoms with E-state index in [1.54, 1.807) is 6.07 Å². The van der Waals surface area contributed by atoms with Gasteiger partial charge in [0.05, 0.1) is 12.3 Å². The van der Waals surface area contributed by atoms with Gasteiger partial charge in [0, 0.05) is 5.56 Å².